The molecule has 1 fully saturated rings. The average molecular weight is 235 g/mol. The fraction of sp³-hybridized carbons (Fsp3) is 0.615. The Labute approximate surface area is 102 Å². The number of pyridine rings is 1. The predicted molar refractivity (Wildman–Crippen MR) is 70.0 cm³/mol. The van der Waals surface area contributed by atoms with E-state index in [1.54, 1.807) is 6.20 Å². The molecule has 1 unspecified atom stereocenters. The topological polar surface area (TPSA) is 62.4 Å². The zero-order valence-electron chi connectivity index (χ0n) is 10.6. The first kappa shape index (κ1) is 12.2. The van der Waals surface area contributed by atoms with Gasteiger partial charge in [0, 0.05) is 13.1 Å². The van der Waals surface area contributed by atoms with E-state index in [4.69, 9.17) is 5.73 Å². The quantitative estimate of drug-likeness (QED) is 0.816. The van der Waals surface area contributed by atoms with E-state index in [-0.39, 0.29) is 6.10 Å². The number of hydrogen-bond acceptors (Lipinski definition) is 4. The molecule has 0 amide bonds. The maximum absolute atomic E-state index is 9.57. The van der Waals surface area contributed by atoms with Crippen LogP contribution in [0.3, 0.4) is 0 Å². The minimum absolute atomic E-state index is 0.197. The summed E-state index contributed by atoms with van der Waals surface area (Å²) in [5, 5.41) is 9.57. The van der Waals surface area contributed by atoms with Gasteiger partial charge in [0.05, 0.1) is 18.0 Å². The van der Waals surface area contributed by atoms with E-state index in [9.17, 15) is 5.11 Å². The summed E-state index contributed by atoms with van der Waals surface area (Å²) >= 11 is 0. The number of aliphatic hydroxyl groups is 1. The number of aliphatic hydroxyl groups excluding tert-OH is 1. The molecular formula is C13H21N3O. The van der Waals surface area contributed by atoms with Crippen LogP contribution in [-0.2, 0) is 0 Å². The summed E-state index contributed by atoms with van der Waals surface area (Å²) in [5.41, 5.74) is 7.54. The molecule has 4 nitrogen and oxygen atoms in total. The smallest absolute Gasteiger partial charge is 0.131 e. The second-order valence-corrected chi connectivity index (χ2v) is 4.97. The van der Waals surface area contributed by atoms with Gasteiger partial charge in [-0.3, -0.25) is 0 Å². The van der Waals surface area contributed by atoms with Crippen LogP contribution >= 0.6 is 0 Å². The zero-order valence-corrected chi connectivity index (χ0v) is 10.6. The lowest BCUT2D eigenvalue weighted by atomic mass is 9.92. The van der Waals surface area contributed by atoms with Gasteiger partial charge in [0.2, 0.25) is 0 Å². The van der Waals surface area contributed by atoms with Crippen LogP contribution in [0.25, 0.3) is 0 Å². The van der Waals surface area contributed by atoms with Gasteiger partial charge in [0.15, 0.2) is 0 Å². The fourth-order valence-corrected chi connectivity index (χ4v) is 2.51. The number of nitrogens with zero attached hydrogens (tertiary/aromatic N) is 2. The Balaban J connectivity index is 2.05. The van der Waals surface area contributed by atoms with Crippen molar-refractivity contribution >= 4 is 11.5 Å². The Morgan fingerprint density at radius 1 is 1.47 bits per heavy atom. The summed E-state index contributed by atoms with van der Waals surface area (Å²) in [6, 6.07) is 1.96. The minimum atomic E-state index is -0.197. The average Bonchev–Trinajstić information content (AvgIpc) is 2.29. The molecule has 0 bridgehead atoms. The zero-order chi connectivity index (χ0) is 12.4. The molecule has 3 N–H and O–H groups in total. The lowest BCUT2D eigenvalue weighted by Gasteiger charge is -2.34. The van der Waals surface area contributed by atoms with Crippen molar-refractivity contribution in [3.05, 3.63) is 17.8 Å². The van der Waals surface area contributed by atoms with E-state index in [0.717, 1.165) is 37.3 Å². The summed E-state index contributed by atoms with van der Waals surface area (Å²) in [5.74, 6) is 1.46. The molecule has 94 valence electrons. The Bertz CT molecular complexity index is 384. The van der Waals surface area contributed by atoms with Gasteiger partial charge < -0.3 is 15.7 Å². The Kier molecular flexibility index (Phi) is 3.52. The molecule has 0 aromatic carbocycles. The lowest BCUT2D eigenvalue weighted by Crippen LogP contribution is -2.37. The number of nitrogens with two attached hydrogens (primary N) is 1. The molecule has 1 aromatic heterocycles. The maximum atomic E-state index is 9.57. The molecule has 0 radical (unpaired) electrons. The molecule has 4 heteroatoms. The van der Waals surface area contributed by atoms with Gasteiger partial charge >= 0.3 is 0 Å². The van der Waals surface area contributed by atoms with Crippen molar-refractivity contribution in [2.75, 3.05) is 23.7 Å². The predicted octanol–water partition coefficient (Wildman–Crippen LogP) is 1.57. The first-order valence-electron chi connectivity index (χ1n) is 6.23. The van der Waals surface area contributed by atoms with Crippen LogP contribution in [0, 0.1) is 12.8 Å². The van der Waals surface area contributed by atoms with Crippen molar-refractivity contribution in [1.29, 1.82) is 0 Å². The van der Waals surface area contributed by atoms with Crippen molar-refractivity contribution in [1.82, 2.24) is 4.98 Å². The monoisotopic (exact) mass is 235 g/mol. The highest BCUT2D eigenvalue weighted by atomic mass is 16.3. The molecule has 1 atom stereocenters. The molecule has 0 saturated carbocycles. The van der Waals surface area contributed by atoms with Crippen LogP contribution in [0.15, 0.2) is 12.3 Å². The van der Waals surface area contributed by atoms with E-state index in [0.29, 0.717) is 11.6 Å². The third-order valence-corrected chi connectivity index (χ3v) is 3.59. The molecule has 1 aliphatic heterocycles. The van der Waals surface area contributed by atoms with Crippen LogP contribution < -0.4 is 10.6 Å². The van der Waals surface area contributed by atoms with Crippen LogP contribution in [-0.4, -0.2) is 29.3 Å². The molecule has 17 heavy (non-hydrogen) atoms. The standard InChI is InChI=1S/C13H21N3O/c1-9-7-12(14)8-15-13(9)16-5-3-11(4-6-16)10(2)17/h7-8,10-11,17H,3-6,14H2,1-2H3. The lowest BCUT2D eigenvalue weighted by molar-refractivity contribution is 0.110. The molecule has 1 aliphatic rings. The van der Waals surface area contributed by atoms with E-state index < -0.39 is 0 Å². The second-order valence-electron chi connectivity index (χ2n) is 4.97. The fourth-order valence-electron chi connectivity index (χ4n) is 2.51. The third-order valence-electron chi connectivity index (χ3n) is 3.59. The summed E-state index contributed by atoms with van der Waals surface area (Å²) < 4.78 is 0. The highest BCUT2D eigenvalue weighted by Gasteiger charge is 2.23. The van der Waals surface area contributed by atoms with Crippen molar-refractivity contribution < 1.29 is 5.11 Å². The van der Waals surface area contributed by atoms with Gasteiger partial charge in [-0.1, -0.05) is 0 Å². The second kappa shape index (κ2) is 4.92. The summed E-state index contributed by atoms with van der Waals surface area (Å²) in [4.78, 5) is 6.70. The first-order valence-corrected chi connectivity index (χ1v) is 6.23. The first-order chi connectivity index (χ1) is 8.08. The third kappa shape index (κ3) is 2.69. The van der Waals surface area contributed by atoms with Crippen molar-refractivity contribution in [3.8, 4) is 0 Å². The maximum Gasteiger partial charge on any atom is 0.131 e. The highest BCUT2D eigenvalue weighted by Crippen LogP contribution is 2.26. The number of rotatable bonds is 2. The molecular weight excluding hydrogens is 214 g/mol. The number of hydrogen-bond donors (Lipinski definition) is 2. The van der Waals surface area contributed by atoms with Crippen molar-refractivity contribution in [3.63, 3.8) is 0 Å². The summed E-state index contributed by atoms with van der Waals surface area (Å²) in [6.07, 6.45) is 3.58. The Morgan fingerprint density at radius 2 is 2.12 bits per heavy atom. The molecule has 0 aliphatic carbocycles. The molecule has 1 aromatic rings. The summed E-state index contributed by atoms with van der Waals surface area (Å²) in [7, 11) is 0. The Morgan fingerprint density at radius 3 is 2.65 bits per heavy atom. The molecule has 2 rings (SSSR count). The number of anilines is 2. The molecule has 1 saturated heterocycles. The normalized spacial score (nSPS) is 19.4. The van der Waals surface area contributed by atoms with E-state index in [1.165, 1.54) is 0 Å². The Hall–Kier alpha value is -1.29. The van der Waals surface area contributed by atoms with E-state index in [2.05, 4.69) is 9.88 Å². The number of nitrogen functional groups attached to an aromatic ring is 1. The van der Waals surface area contributed by atoms with Crippen molar-refractivity contribution in [2.24, 2.45) is 5.92 Å². The number of piperidine rings is 1. The van der Waals surface area contributed by atoms with Gasteiger partial charge in [0.25, 0.3) is 0 Å². The van der Waals surface area contributed by atoms with Crippen LogP contribution in [0.5, 0.6) is 0 Å². The van der Waals surface area contributed by atoms with Crippen LogP contribution in [0.4, 0.5) is 11.5 Å². The van der Waals surface area contributed by atoms with Gasteiger partial charge in [-0.15, -0.1) is 0 Å². The largest absolute Gasteiger partial charge is 0.397 e. The van der Waals surface area contributed by atoms with Crippen molar-refractivity contribution in [2.45, 2.75) is 32.8 Å². The highest BCUT2D eigenvalue weighted by molar-refractivity contribution is 5.52. The van der Waals surface area contributed by atoms with E-state index >= 15 is 0 Å². The molecule has 2 heterocycles. The van der Waals surface area contributed by atoms with Gasteiger partial charge in [-0.05, 0) is 44.2 Å². The summed E-state index contributed by atoms with van der Waals surface area (Å²) in [6.45, 7) is 5.85. The van der Waals surface area contributed by atoms with Crippen LogP contribution in [0.2, 0.25) is 0 Å². The van der Waals surface area contributed by atoms with Gasteiger partial charge in [-0.25, -0.2) is 4.98 Å². The van der Waals surface area contributed by atoms with E-state index in [1.807, 2.05) is 19.9 Å². The number of aryl methyl sites for hydroxylation is 1. The van der Waals surface area contributed by atoms with Gasteiger partial charge in [0.1, 0.15) is 5.82 Å². The van der Waals surface area contributed by atoms with Crippen LogP contribution in [0.1, 0.15) is 25.3 Å². The molecule has 0 spiro atoms. The minimum Gasteiger partial charge on any atom is -0.397 e. The van der Waals surface area contributed by atoms with Gasteiger partial charge in [-0.2, -0.15) is 0 Å². The SMILES string of the molecule is Cc1cc(N)cnc1N1CCC(C(C)O)CC1. The number of aromatic nitrogens is 1.